The van der Waals surface area contributed by atoms with Crippen molar-refractivity contribution < 1.29 is 26.4 Å². The van der Waals surface area contributed by atoms with E-state index in [1.54, 1.807) is 0 Å². The molecule has 1 aromatic carbocycles. The van der Waals surface area contributed by atoms with Crippen molar-refractivity contribution in [1.29, 1.82) is 0 Å². The first-order valence-corrected chi connectivity index (χ1v) is 8.76. The summed E-state index contributed by atoms with van der Waals surface area (Å²) in [6.07, 6.45) is -3.52. The molecule has 1 fully saturated rings. The van der Waals surface area contributed by atoms with Gasteiger partial charge in [-0.3, -0.25) is 9.69 Å². The Hall–Kier alpha value is -1.65. The molecule has 2 rings (SSSR count). The van der Waals surface area contributed by atoms with Crippen LogP contribution in [0, 0.1) is 0 Å². The number of carbonyl (C=O) groups excluding carboxylic acids is 1. The highest BCUT2D eigenvalue weighted by molar-refractivity contribution is 7.89. The van der Waals surface area contributed by atoms with Gasteiger partial charge < -0.3 is 5.73 Å². The number of sulfonamides is 1. The van der Waals surface area contributed by atoms with Crippen molar-refractivity contribution in [2.24, 2.45) is 5.73 Å². The van der Waals surface area contributed by atoms with Crippen LogP contribution in [0.1, 0.15) is 18.4 Å². The monoisotopic (exact) mass is 365 g/mol. The fourth-order valence-corrected chi connectivity index (χ4v) is 3.84. The molecule has 134 valence electrons. The maximum absolute atomic E-state index is 12.5. The number of hydrogen-bond acceptors (Lipinski definition) is 4. The molecular formula is C14H18F3N3O3S. The van der Waals surface area contributed by atoms with Crippen molar-refractivity contribution in [2.45, 2.75) is 30.0 Å². The van der Waals surface area contributed by atoms with Gasteiger partial charge in [-0.15, -0.1) is 0 Å². The molecule has 0 radical (unpaired) electrons. The molecule has 0 unspecified atom stereocenters. The lowest BCUT2D eigenvalue weighted by atomic mass is 10.1. The first-order valence-electron chi connectivity index (χ1n) is 7.28. The van der Waals surface area contributed by atoms with E-state index < -0.39 is 27.7 Å². The van der Waals surface area contributed by atoms with Gasteiger partial charge in [0.1, 0.15) is 0 Å². The highest BCUT2D eigenvalue weighted by atomic mass is 32.2. The average molecular weight is 365 g/mol. The minimum absolute atomic E-state index is 0.123. The Morgan fingerprint density at radius 2 is 1.75 bits per heavy atom. The minimum Gasteiger partial charge on any atom is -0.369 e. The lowest BCUT2D eigenvalue weighted by Crippen LogP contribution is -2.46. The van der Waals surface area contributed by atoms with Crippen LogP contribution in [0.4, 0.5) is 13.2 Å². The van der Waals surface area contributed by atoms with Gasteiger partial charge in [-0.05, 0) is 37.1 Å². The second kappa shape index (κ2) is 7.08. The molecule has 1 heterocycles. The number of likely N-dealkylation sites (tertiary alicyclic amines) is 1. The fraction of sp³-hybridized carbons (Fsp3) is 0.500. The van der Waals surface area contributed by atoms with Crippen molar-refractivity contribution in [3.63, 3.8) is 0 Å². The molecule has 6 nitrogen and oxygen atoms in total. The molecule has 1 saturated heterocycles. The normalized spacial score (nSPS) is 17.8. The van der Waals surface area contributed by atoms with Gasteiger partial charge in [-0.2, -0.15) is 13.2 Å². The Morgan fingerprint density at radius 3 is 2.21 bits per heavy atom. The molecule has 0 spiro atoms. The molecule has 10 heteroatoms. The number of primary amides is 1. The molecule has 0 bridgehead atoms. The molecule has 0 aromatic heterocycles. The van der Waals surface area contributed by atoms with Crippen LogP contribution in [-0.2, 0) is 21.0 Å². The average Bonchev–Trinajstić information content (AvgIpc) is 2.48. The molecule has 1 aliphatic heterocycles. The molecule has 0 saturated carbocycles. The summed E-state index contributed by atoms with van der Waals surface area (Å²) >= 11 is 0. The summed E-state index contributed by atoms with van der Waals surface area (Å²) in [4.78, 5) is 12.5. The maximum Gasteiger partial charge on any atom is 0.416 e. The zero-order chi connectivity index (χ0) is 18.0. The third-order valence-electron chi connectivity index (χ3n) is 3.78. The lowest BCUT2D eigenvalue weighted by molar-refractivity contribution is -0.137. The van der Waals surface area contributed by atoms with E-state index in [1.807, 2.05) is 4.90 Å². The quantitative estimate of drug-likeness (QED) is 0.812. The van der Waals surface area contributed by atoms with Crippen LogP contribution in [-0.4, -0.2) is 44.9 Å². The van der Waals surface area contributed by atoms with Gasteiger partial charge >= 0.3 is 6.18 Å². The van der Waals surface area contributed by atoms with E-state index in [1.165, 1.54) is 0 Å². The summed E-state index contributed by atoms with van der Waals surface area (Å²) in [5.41, 5.74) is 4.20. The molecule has 0 aliphatic carbocycles. The number of amides is 1. The molecule has 24 heavy (non-hydrogen) atoms. The standard InChI is InChI=1S/C14H18F3N3O3S/c15-14(16,17)10-1-3-12(4-2-10)24(22,23)19-11-5-7-20(8-6-11)9-13(18)21/h1-4,11,19H,5-9H2,(H2,18,21). The molecule has 3 N–H and O–H groups in total. The van der Waals surface area contributed by atoms with Crippen LogP contribution in [0.2, 0.25) is 0 Å². The Kier molecular flexibility index (Phi) is 5.51. The van der Waals surface area contributed by atoms with E-state index >= 15 is 0 Å². The number of piperidine rings is 1. The van der Waals surface area contributed by atoms with Gasteiger partial charge in [0.05, 0.1) is 17.0 Å². The summed E-state index contributed by atoms with van der Waals surface area (Å²) < 4.78 is 64.5. The SMILES string of the molecule is NC(=O)CN1CCC(NS(=O)(=O)c2ccc(C(F)(F)F)cc2)CC1. The topological polar surface area (TPSA) is 92.5 Å². The van der Waals surface area contributed by atoms with Crippen molar-refractivity contribution >= 4 is 15.9 Å². The number of rotatable bonds is 5. The smallest absolute Gasteiger partial charge is 0.369 e. The highest BCUT2D eigenvalue weighted by Gasteiger charge is 2.31. The Labute approximate surface area is 137 Å². The first kappa shape index (κ1) is 18.7. The number of nitrogens with two attached hydrogens (primary N) is 1. The van der Waals surface area contributed by atoms with Crippen molar-refractivity contribution in [3.8, 4) is 0 Å². The summed E-state index contributed by atoms with van der Waals surface area (Å²) in [6.45, 7) is 1.16. The van der Waals surface area contributed by atoms with E-state index in [4.69, 9.17) is 5.73 Å². The van der Waals surface area contributed by atoms with Gasteiger partial charge in [0.25, 0.3) is 0 Å². The summed E-state index contributed by atoms with van der Waals surface area (Å²) in [5.74, 6) is -0.446. The van der Waals surface area contributed by atoms with Crippen LogP contribution in [0.15, 0.2) is 29.2 Å². The molecule has 1 aromatic rings. The number of hydrogen-bond donors (Lipinski definition) is 2. The molecule has 0 atom stereocenters. The van der Waals surface area contributed by atoms with Crippen LogP contribution >= 0.6 is 0 Å². The van der Waals surface area contributed by atoms with Gasteiger partial charge in [-0.1, -0.05) is 0 Å². The third-order valence-corrected chi connectivity index (χ3v) is 5.32. The highest BCUT2D eigenvalue weighted by Crippen LogP contribution is 2.29. The van der Waals surface area contributed by atoms with Crippen molar-refractivity contribution in [1.82, 2.24) is 9.62 Å². The zero-order valence-electron chi connectivity index (χ0n) is 12.7. The second-order valence-electron chi connectivity index (χ2n) is 5.66. The third kappa shape index (κ3) is 4.92. The zero-order valence-corrected chi connectivity index (χ0v) is 13.5. The minimum atomic E-state index is -4.51. The van der Waals surface area contributed by atoms with Gasteiger partial charge in [0, 0.05) is 19.1 Å². The Balaban J connectivity index is 1.98. The number of benzene rings is 1. The van der Waals surface area contributed by atoms with E-state index in [9.17, 15) is 26.4 Å². The maximum atomic E-state index is 12.5. The van der Waals surface area contributed by atoms with Crippen LogP contribution in [0.25, 0.3) is 0 Å². The van der Waals surface area contributed by atoms with Crippen LogP contribution < -0.4 is 10.5 Å². The van der Waals surface area contributed by atoms with E-state index in [2.05, 4.69) is 4.72 Å². The predicted octanol–water partition coefficient (Wildman–Crippen LogP) is 0.933. The second-order valence-corrected chi connectivity index (χ2v) is 7.37. The number of nitrogens with zero attached hydrogens (tertiary/aromatic N) is 1. The van der Waals surface area contributed by atoms with Crippen molar-refractivity contribution in [2.75, 3.05) is 19.6 Å². The summed E-state index contributed by atoms with van der Waals surface area (Å²) in [7, 11) is -3.89. The van der Waals surface area contributed by atoms with Gasteiger partial charge in [0.15, 0.2) is 0 Å². The van der Waals surface area contributed by atoms with Gasteiger partial charge in [-0.25, -0.2) is 13.1 Å². The summed E-state index contributed by atoms with van der Waals surface area (Å²) in [6, 6.07) is 3.02. The van der Waals surface area contributed by atoms with Gasteiger partial charge in [0.2, 0.25) is 15.9 Å². The summed E-state index contributed by atoms with van der Waals surface area (Å²) in [5, 5.41) is 0. The number of nitrogens with one attached hydrogen (secondary N) is 1. The largest absolute Gasteiger partial charge is 0.416 e. The molecule has 1 amide bonds. The Morgan fingerprint density at radius 1 is 1.21 bits per heavy atom. The first-order chi connectivity index (χ1) is 11.1. The van der Waals surface area contributed by atoms with Crippen LogP contribution in [0.3, 0.4) is 0 Å². The lowest BCUT2D eigenvalue weighted by Gasteiger charge is -2.31. The van der Waals surface area contributed by atoms with E-state index in [-0.39, 0.29) is 17.5 Å². The molecule has 1 aliphatic rings. The Bertz CT molecular complexity index is 681. The predicted molar refractivity (Wildman–Crippen MR) is 80.4 cm³/mol. The van der Waals surface area contributed by atoms with E-state index in [0.717, 1.165) is 24.3 Å². The number of carbonyl (C=O) groups is 1. The van der Waals surface area contributed by atoms with Crippen molar-refractivity contribution in [3.05, 3.63) is 29.8 Å². The fourth-order valence-electron chi connectivity index (χ4n) is 2.54. The van der Waals surface area contributed by atoms with E-state index in [0.29, 0.717) is 25.9 Å². The molecular weight excluding hydrogens is 347 g/mol. The number of alkyl halides is 3. The van der Waals surface area contributed by atoms with Crippen LogP contribution in [0.5, 0.6) is 0 Å². The number of halogens is 3.